The molecule has 0 fully saturated rings. The minimum Gasteiger partial charge on any atom is -0.239 e. The number of allylic oxidation sites excluding steroid dienone is 1. The van der Waals surface area contributed by atoms with Gasteiger partial charge in [-0.15, -0.1) is 6.58 Å². The van der Waals surface area contributed by atoms with Crippen molar-refractivity contribution in [1.29, 1.82) is 0 Å². The van der Waals surface area contributed by atoms with Crippen molar-refractivity contribution < 1.29 is 4.39 Å². The molecule has 2 atom stereocenters. The smallest absolute Gasteiger partial charge is 0.162 e. The molecule has 0 N–H and O–H groups in total. The van der Waals surface area contributed by atoms with E-state index in [9.17, 15) is 4.39 Å². The van der Waals surface area contributed by atoms with Crippen LogP contribution in [0.25, 0.3) is 0 Å². The summed E-state index contributed by atoms with van der Waals surface area (Å²) in [6.07, 6.45) is 1.71. The first-order chi connectivity index (χ1) is 8.79. The Bertz CT molecular complexity index is 562. The molecule has 0 unspecified atom stereocenters. The predicted molar refractivity (Wildman–Crippen MR) is 67.0 cm³/mol. The topological polar surface area (TPSA) is 30.7 Å². The van der Waals surface area contributed by atoms with Crippen LogP contribution < -0.4 is 0 Å². The fraction of sp³-hybridized carbons (Fsp3) is 0.286. The van der Waals surface area contributed by atoms with Crippen LogP contribution in [0.15, 0.2) is 43.0 Å². The summed E-state index contributed by atoms with van der Waals surface area (Å²) in [7, 11) is 0. The van der Waals surface area contributed by atoms with Gasteiger partial charge in [0.25, 0.3) is 0 Å². The Labute approximate surface area is 105 Å². The van der Waals surface area contributed by atoms with Gasteiger partial charge in [-0.25, -0.2) is 14.1 Å². The summed E-state index contributed by atoms with van der Waals surface area (Å²) in [5.41, 5.74) is 1.08. The number of nitrogens with zero attached hydrogens (tertiary/aromatic N) is 3. The molecule has 0 bridgehead atoms. The van der Waals surface area contributed by atoms with Crippen molar-refractivity contribution in [2.24, 2.45) is 0 Å². The van der Waals surface area contributed by atoms with Gasteiger partial charge < -0.3 is 0 Å². The lowest BCUT2D eigenvalue weighted by Crippen LogP contribution is -2.07. The second-order valence-corrected chi connectivity index (χ2v) is 4.45. The molecule has 2 aromatic rings. The highest BCUT2D eigenvalue weighted by atomic mass is 19.1. The zero-order chi connectivity index (χ0) is 12.5. The summed E-state index contributed by atoms with van der Waals surface area (Å²) in [6.45, 7) is 3.65. The maximum Gasteiger partial charge on any atom is 0.162 e. The van der Waals surface area contributed by atoms with Crippen molar-refractivity contribution in [1.82, 2.24) is 14.8 Å². The second-order valence-electron chi connectivity index (χ2n) is 4.45. The van der Waals surface area contributed by atoms with E-state index >= 15 is 0 Å². The number of hydrogen-bond acceptors (Lipinski definition) is 2. The Morgan fingerprint density at radius 2 is 2.17 bits per heavy atom. The Morgan fingerprint density at radius 1 is 1.39 bits per heavy atom. The van der Waals surface area contributed by atoms with Gasteiger partial charge in [0, 0.05) is 12.8 Å². The molecule has 3 rings (SSSR count). The molecule has 4 heteroatoms. The van der Waals surface area contributed by atoms with E-state index in [4.69, 9.17) is 0 Å². The van der Waals surface area contributed by atoms with Crippen LogP contribution >= 0.6 is 0 Å². The first kappa shape index (κ1) is 11.1. The van der Waals surface area contributed by atoms with Gasteiger partial charge in [-0.2, -0.15) is 5.10 Å². The fourth-order valence-corrected chi connectivity index (χ4v) is 2.39. The van der Waals surface area contributed by atoms with Gasteiger partial charge in [0.15, 0.2) is 17.8 Å². The van der Waals surface area contributed by atoms with E-state index in [0.717, 1.165) is 5.56 Å². The largest absolute Gasteiger partial charge is 0.239 e. The number of alkyl halides is 1. The van der Waals surface area contributed by atoms with Gasteiger partial charge in [-0.05, 0) is 5.56 Å². The van der Waals surface area contributed by atoms with Crippen molar-refractivity contribution in [2.75, 3.05) is 0 Å². The summed E-state index contributed by atoms with van der Waals surface area (Å²) in [5.74, 6) is 1.09. The third kappa shape index (κ3) is 1.74. The molecule has 0 aliphatic carbocycles. The molecule has 0 amide bonds. The summed E-state index contributed by atoms with van der Waals surface area (Å²) in [4.78, 5) is 4.24. The average Bonchev–Trinajstić information content (AvgIpc) is 2.92. The van der Waals surface area contributed by atoms with Gasteiger partial charge in [0.1, 0.15) is 0 Å². The molecule has 0 spiro atoms. The third-order valence-corrected chi connectivity index (χ3v) is 3.22. The molecule has 0 saturated heterocycles. The number of benzene rings is 1. The number of halogens is 1. The summed E-state index contributed by atoms with van der Waals surface area (Å²) < 4.78 is 15.7. The van der Waals surface area contributed by atoms with E-state index in [2.05, 4.69) is 16.7 Å². The van der Waals surface area contributed by atoms with Crippen molar-refractivity contribution in [2.45, 2.75) is 25.1 Å². The molecule has 0 saturated carbocycles. The van der Waals surface area contributed by atoms with Crippen molar-refractivity contribution in [3.63, 3.8) is 0 Å². The highest BCUT2D eigenvalue weighted by molar-refractivity contribution is 5.23. The van der Waals surface area contributed by atoms with Crippen LogP contribution in [0.2, 0.25) is 0 Å². The minimum atomic E-state index is -1.03. The molecule has 0 radical (unpaired) electrons. The van der Waals surface area contributed by atoms with Crippen LogP contribution in [0.5, 0.6) is 0 Å². The third-order valence-electron chi connectivity index (χ3n) is 3.22. The molecule has 1 aromatic heterocycles. The van der Waals surface area contributed by atoms with Gasteiger partial charge in [0.2, 0.25) is 0 Å². The SMILES string of the molecule is C=CCc1nc2n(n1)[C@H](c1ccccc1)C[C@@H]2F. The number of aromatic nitrogens is 3. The highest BCUT2D eigenvalue weighted by Crippen LogP contribution is 2.39. The van der Waals surface area contributed by atoms with E-state index in [-0.39, 0.29) is 6.04 Å². The zero-order valence-electron chi connectivity index (χ0n) is 9.96. The quantitative estimate of drug-likeness (QED) is 0.776. The van der Waals surface area contributed by atoms with E-state index in [1.807, 2.05) is 30.3 Å². The lowest BCUT2D eigenvalue weighted by Gasteiger charge is -2.11. The molecule has 1 aromatic carbocycles. The Hall–Kier alpha value is -1.97. The number of fused-ring (bicyclic) bond motifs is 1. The maximum absolute atomic E-state index is 14.0. The molecule has 1 aliphatic rings. The Kier molecular flexibility index (Phi) is 2.70. The van der Waals surface area contributed by atoms with Gasteiger partial charge in [-0.1, -0.05) is 36.4 Å². The summed E-state index contributed by atoms with van der Waals surface area (Å²) >= 11 is 0. The van der Waals surface area contributed by atoms with Crippen LogP contribution in [0.1, 0.15) is 35.8 Å². The Balaban J connectivity index is 2.00. The molecular weight excluding hydrogens is 229 g/mol. The zero-order valence-corrected chi connectivity index (χ0v) is 9.96. The van der Waals surface area contributed by atoms with Crippen molar-refractivity contribution in [3.05, 3.63) is 60.2 Å². The van der Waals surface area contributed by atoms with Crippen molar-refractivity contribution >= 4 is 0 Å². The van der Waals surface area contributed by atoms with Crippen LogP contribution in [0.3, 0.4) is 0 Å². The molecule has 2 heterocycles. The molecule has 3 nitrogen and oxygen atoms in total. The molecular formula is C14H14FN3. The first-order valence-electron chi connectivity index (χ1n) is 6.05. The van der Waals surface area contributed by atoms with Crippen LogP contribution in [0, 0.1) is 0 Å². The summed E-state index contributed by atoms with van der Waals surface area (Å²) in [6, 6.07) is 9.84. The van der Waals surface area contributed by atoms with Gasteiger partial charge >= 0.3 is 0 Å². The highest BCUT2D eigenvalue weighted by Gasteiger charge is 2.34. The summed E-state index contributed by atoms with van der Waals surface area (Å²) in [5, 5.41) is 4.38. The Morgan fingerprint density at radius 3 is 2.89 bits per heavy atom. The van der Waals surface area contributed by atoms with Gasteiger partial charge in [0.05, 0.1) is 6.04 Å². The first-order valence-corrected chi connectivity index (χ1v) is 6.05. The van der Waals surface area contributed by atoms with E-state index < -0.39 is 6.17 Å². The second kappa shape index (κ2) is 4.37. The predicted octanol–water partition coefficient (Wildman–Crippen LogP) is 3.01. The normalized spacial score (nSPS) is 21.8. The molecule has 1 aliphatic heterocycles. The monoisotopic (exact) mass is 243 g/mol. The van der Waals surface area contributed by atoms with E-state index in [0.29, 0.717) is 24.5 Å². The van der Waals surface area contributed by atoms with E-state index in [1.165, 1.54) is 0 Å². The van der Waals surface area contributed by atoms with Crippen LogP contribution in [-0.4, -0.2) is 14.8 Å². The maximum atomic E-state index is 14.0. The number of hydrogen-bond donors (Lipinski definition) is 0. The molecule has 18 heavy (non-hydrogen) atoms. The average molecular weight is 243 g/mol. The van der Waals surface area contributed by atoms with Crippen molar-refractivity contribution in [3.8, 4) is 0 Å². The standard InChI is InChI=1S/C14H14FN3/c1-2-6-13-16-14-11(15)9-12(18(14)17-13)10-7-4-3-5-8-10/h2-5,7-8,11-12H,1,6,9H2/t11-,12-/m0/s1. The van der Waals surface area contributed by atoms with Gasteiger partial charge in [-0.3, -0.25) is 0 Å². The van der Waals surface area contributed by atoms with Crippen LogP contribution in [-0.2, 0) is 6.42 Å². The van der Waals surface area contributed by atoms with Crippen LogP contribution in [0.4, 0.5) is 4.39 Å². The molecule has 92 valence electrons. The van der Waals surface area contributed by atoms with E-state index in [1.54, 1.807) is 10.8 Å². The fourth-order valence-electron chi connectivity index (χ4n) is 2.39. The lowest BCUT2D eigenvalue weighted by molar-refractivity contribution is 0.328. The lowest BCUT2D eigenvalue weighted by atomic mass is 10.0. The minimum absolute atomic E-state index is 0.0396. The number of rotatable bonds is 3.